The number of aromatic nitrogens is 1. The van der Waals surface area contributed by atoms with E-state index >= 15 is 0 Å². The van der Waals surface area contributed by atoms with Crippen LogP contribution >= 0.6 is 23.2 Å². The second kappa shape index (κ2) is 5.50. The first kappa shape index (κ1) is 13.7. The maximum absolute atomic E-state index is 13.5. The van der Waals surface area contributed by atoms with Crippen LogP contribution in [-0.2, 0) is 0 Å². The standard InChI is InChI=1S/C12H6Cl2F2N2O/c13-8-4-9(15)7(3-10(8)16)12(19)18-6-1-2-11(14)17-5-6/h1-5H,(H,18,19). The third kappa shape index (κ3) is 3.19. The van der Waals surface area contributed by atoms with E-state index in [4.69, 9.17) is 23.2 Å². The van der Waals surface area contributed by atoms with E-state index in [0.29, 0.717) is 5.69 Å². The zero-order valence-electron chi connectivity index (χ0n) is 9.25. The van der Waals surface area contributed by atoms with Crippen LogP contribution in [0.1, 0.15) is 10.4 Å². The smallest absolute Gasteiger partial charge is 0.258 e. The molecular formula is C12H6Cl2F2N2O. The number of benzene rings is 1. The fourth-order valence-electron chi connectivity index (χ4n) is 1.34. The lowest BCUT2D eigenvalue weighted by Gasteiger charge is -2.06. The highest BCUT2D eigenvalue weighted by atomic mass is 35.5. The fourth-order valence-corrected chi connectivity index (χ4v) is 1.61. The number of nitrogens with zero attached hydrogens (tertiary/aromatic N) is 1. The molecule has 0 radical (unpaired) electrons. The number of nitrogens with one attached hydrogen (secondary N) is 1. The summed E-state index contributed by atoms with van der Waals surface area (Å²) in [6, 6.07) is 4.41. The van der Waals surface area contributed by atoms with Gasteiger partial charge in [-0.15, -0.1) is 0 Å². The Morgan fingerprint density at radius 1 is 1.16 bits per heavy atom. The first-order valence-electron chi connectivity index (χ1n) is 5.05. The second-order valence-electron chi connectivity index (χ2n) is 3.57. The molecule has 0 aliphatic carbocycles. The lowest BCUT2D eigenvalue weighted by molar-refractivity contribution is 0.102. The number of halogens is 4. The Morgan fingerprint density at radius 2 is 1.89 bits per heavy atom. The molecule has 2 rings (SSSR count). The number of anilines is 1. The molecule has 0 atom stereocenters. The average molecular weight is 303 g/mol. The predicted molar refractivity (Wildman–Crippen MR) is 68.6 cm³/mol. The third-order valence-corrected chi connectivity index (χ3v) is 2.75. The van der Waals surface area contributed by atoms with E-state index < -0.39 is 23.1 Å². The number of carbonyl (C=O) groups is 1. The third-order valence-electron chi connectivity index (χ3n) is 2.24. The zero-order chi connectivity index (χ0) is 14.0. The maximum atomic E-state index is 13.5. The van der Waals surface area contributed by atoms with Gasteiger partial charge in [0.2, 0.25) is 0 Å². The van der Waals surface area contributed by atoms with Gasteiger partial charge in [0, 0.05) is 0 Å². The lowest BCUT2D eigenvalue weighted by Crippen LogP contribution is -2.14. The van der Waals surface area contributed by atoms with Crippen LogP contribution in [0, 0.1) is 11.6 Å². The maximum Gasteiger partial charge on any atom is 0.258 e. The van der Waals surface area contributed by atoms with Gasteiger partial charge in [-0.05, 0) is 24.3 Å². The van der Waals surface area contributed by atoms with Gasteiger partial charge >= 0.3 is 0 Å². The van der Waals surface area contributed by atoms with Crippen LogP contribution in [0.25, 0.3) is 0 Å². The van der Waals surface area contributed by atoms with E-state index in [9.17, 15) is 13.6 Å². The minimum absolute atomic E-state index is 0.252. The summed E-state index contributed by atoms with van der Waals surface area (Å²) < 4.78 is 26.7. The molecule has 2 aromatic rings. The molecule has 0 saturated heterocycles. The molecule has 0 fully saturated rings. The van der Waals surface area contributed by atoms with Crippen LogP contribution in [0.2, 0.25) is 10.2 Å². The molecule has 1 aromatic carbocycles. The molecule has 0 unspecified atom stereocenters. The Morgan fingerprint density at radius 3 is 2.53 bits per heavy atom. The Balaban J connectivity index is 2.25. The first-order chi connectivity index (χ1) is 8.97. The van der Waals surface area contributed by atoms with Crippen LogP contribution in [0.15, 0.2) is 30.5 Å². The molecular weight excluding hydrogens is 297 g/mol. The molecule has 1 amide bonds. The summed E-state index contributed by atoms with van der Waals surface area (Å²) in [4.78, 5) is 15.5. The average Bonchev–Trinajstić information content (AvgIpc) is 2.36. The second-order valence-corrected chi connectivity index (χ2v) is 4.36. The van der Waals surface area contributed by atoms with Gasteiger partial charge in [0.05, 0.1) is 22.5 Å². The molecule has 1 aromatic heterocycles. The fraction of sp³-hybridized carbons (Fsp3) is 0. The van der Waals surface area contributed by atoms with Crippen molar-refractivity contribution in [3.05, 3.63) is 57.8 Å². The number of amides is 1. The molecule has 0 aliphatic rings. The predicted octanol–water partition coefficient (Wildman–Crippen LogP) is 3.92. The highest BCUT2D eigenvalue weighted by Crippen LogP contribution is 2.20. The number of hydrogen-bond donors (Lipinski definition) is 1. The van der Waals surface area contributed by atoms with Crippen molar-refractivity contribution in [2.45, 2.75) is 0 Å². The Bertz CT molecular complexity index is 632. The van der Waals surface area contributed by atoms with Crippen molar-refractivity contribution >= 4 is 34.8 Å². The van der Waals surface area contributed by atoms with Gasteiger partial charge in [0.25, 0.3) is 5.91 Å². The van der Waals surface area contributed by atoms with Crippen LogP contribution in [0.4, 0.5) is 14.5 Å². The Hall–Kier alpha value is -1.72. The van der Waals surface area contributed by atoms with E-state index in [0.717, 1.165) is 12.1 Å². The number of carbonyl (C=O) groups excluding carboxylic acids is 1. The Labute approximate surface area is 117 Å². The molecule has 3 nitrogen and oxygen atoms in total. The number of hydrogen-bond acceptors (Lipinski definition) is 2. The molecule has 19 heavy (non-hydrogen) atoms. The van der Waals surface area contributed by atoms with E-state index in [1.165, 1.54) is 18.3 Å². The van der Waals surface area contributed by atoms with Gasteiger partial charge in [0.15, 0.2) is 0 Å². The monoisotopic (exact) mass is 302 g/mol. The SMILES string of the molecule is O=C(Nc1ccc(Cl)nc1)c1cc(F)c(Cl)cc1F. The summed E-state index contributed by atoms with van der Waals surface area (Å²) >= 11 is 11.0. The molecule has 1 N–H and O–H groups in total. The van der Waals surface area contributed by atoms with Crippen LogP contribution in [0.5, 0.6) is 0 Å². The molecule has 0 saturated carbocycles. The summed E-state index contributed by atoms with van der Waals surface area (Å²) in [5.74, 6) is -2.59. The highest BCUT2D eigenvalue weighted by Gasteiger charge is 2.15. The minimum Gasteiger partial charge on any atom is -0.320 e. The molecule has 1 heterocycles. The van der Waals surface area contributed by atoms with Crippen LogP contribution in [0.3, 0.4) is 0 Å². The summed E-state index contributed by atoms with van der Waals surface area (Å²) in [5.41, 5.74) is -0.138. The number of rotatable bonds is 2. The van der Waals surface area contributed by atoms with Crippen molar-refractivity contribution in [2.75, 3.05) is 5.32 Å². The number of pyridine rings is 1. The van der Waals surface area contributed by atoms with Crippen molar-refractivity contribution in [2.24, 2.45) is 0 Å². The quantitative estimate of drug-likeness (QED) is 0.675. The summed E-state index contributed by atoms with van der Waals surface area (Å²) in [7, 11) is 0. The minimum atomic E-state index is -0.911. The molecule has 0 aliphatic heterocycles. The Kier molecular flexibility index (Phi) is 3.97. The zero-order valence-corrected chi connectivity index (χ0v) is 10.8. The van der Waals surface area contributed by atoms with Crippen molar-refractivity contribution in [3.8, 4) is 0 Å². The van der Waals surface area contributed by atoms with Gasteiger partial charge in [0.1, 0.15) is 16.8 Å². The van der Waals surface area contributed by atoms with Crippen molar-refractivity contribution in [3.63, 3.8) is 0 Å². The van der Waals surface area contributed by atoms with Crippen molar-refractivity contribution in [1.82, 2.24) is 4.98 Å². The molecule has 0 bridgehead atoms. The van der Waals surface area contributed by atoms with Gasteiger partial charge < -0.3 is 5.32 Å². The normalized spacial score (nSPS) is 10.3. The topological polar surface area (TPSA) is 42.0 Å². The molecule has 0 spiro atoms. The van der Waals surface area contributed by atoms with E-state index in [-0.39, 0.29) is 10.2 Å². The van der Waals surface area contributed by atoms with Gasteiger partial charge in [-0.1, -0.05) is 23.2 Å². The molecule has 7 heteroatoms. The van der Waals surface area contributed by atoms with Crippen molar-refractivity contribution < 1.29 is 13.6 Å². The van der Waals surface area contributed by atoms with Gasteiger partial charge in [-0.3, -0.25) is 4.79 Å². The van der Waals surface area contributed by atoms with Crippen LogP contribution in [-0.4, -0.2) is 10.9 Å². The summed E-state index contributed by atoms with van der Waals surface area (Å²) in [5, 5.41) is 2.23. The van der Waals surface area contributed by atoms with E-state index in [2.05, 4.69) is 10.3 Å². The van der Waals surface area contributed by atoms with E-state index in [1.54, 1.807) is 0 Å². The van der Waals surface area contributed by atoms with Gasteiger partial charge in [-0.25, -0.2) is 13.8 Å². The largest absolute Gasteiger partial charge is 0.320 e. The van der Waals surface area contributed by atoms with Crippen molar-refractivity contribution in [1.29, 1.82) is 0 Å². The highest BCUT2D eigenvalue weighted by molar-refractivity contribution is 6.31. The van der Waals surface area contributed by atoms with E-state index in [1.807, 2.05) is 0 Å². The lowest BCUT2D eigenvalue weighted by atomic mass is 10.2. The molecule has 98 valence electrons. The van der Waals surface area contributed by atoms with Crippen LogP contribution < -0.4 is 5.32 Å². The first-order valence-corrected chi connectivity index (χ1v) is 5.80. The summed E-state index contributed by atoms with van der Waals surface area (Å²) in [6.07, 6.45) is 1.30. The van der Waals surface area contributed by atoms with Gasteiger partial charge in [-0.2, -0.15) is 0 Å². The summed E-state index contributed by atoms with van der Waals surface area (Å²) in [6.45, 7) is 0.